The van der Waals surface area contributed by atoms with Crippen LogP contribution in [-0.4, -0.2) is 40.7 Å². The number of hydrogen-bond donors (Lipinski definition) is 0. The second-order valence-corrected chi connectivity index (χ2v) is 8.29. The number of benzene rings is 1. The van der Waals surface area contributed by atoms with Gasteiger partial charge in [0.1, 0.15) is 6.10 Å². The summed E-state index contributed by atoms with van der Waals surface area (Å²) in [6, 6.07) is 5.88. The van der Waals surface area contributed by atoms with E-state index in [4.69, 9.17) is 4.74 Å². The molecule has 0 saturated carbocycles. The van der Waals surface area contributed by atoms with Crippen molar-refractivity contribution in [2.75, 3.05) is 6.54 Å². The van der Waals surface area contributed by atoms with Gasteiger partial charge in [0.25, 0.3) is 0 Å². The lowest BCUT2D eigenvalue weighted by molar-refractivity contribution is -0.151. The molecule has 0 N–H and O–H groups in total. The minimum atomic E-state index is -0.374. The van der Waals surface area contributed by atoms with Crippen LogP contribution in [0, 0.1) is 0 Å². The highest BCUT2D eigenvalue weighted by Crippen LogP contribution is 2.26. The van der Waals surface area contributed by atoms with Gasteiger partial charge in [0, 0.05) is 31.4 Å². The van der Waals surface area contributed by atoms with Crippen molar-refractivity contribution in [3.63, 3.8) is 0 Å². The van der Waals surface area contributed by atoms with Crippen LogP contribution in [-0.2, 0) is 27.2 Å². The summed E-state index contributed by atoms with van der Waals surface area (Å²) >= 11 is 0. The molecule has 0 fully saturated rings. The molecule has 0 radical (unpaired) electrons. The van der Waals surface area contributed by atoms with E-state index in [2.05, 4.69) is 6.07 Å². The number of carbonyl (C=O) groups excluding carboxylic acids is 3. The van der Waals surface area contributed by atoms with Gasteiger partial charge in [-0.25, -0.2) is 0 Å². The maximum atomic E-state index is 12.1. The van der Waals surface area contributed by atoms with Crippen molar-refractivity contribution in [1.29, 1.82) is 0 Å². The molecule has 0 spiro atoms. The molecule has 1 aliphatic rings. The van der Waals surface area contributed by atoms with Gasteiger partial charge in [-0.05, 0) is 57.6 Å². The smallest absolute Gasteiger partial charge is 0.302 e. The molecule has 1 atom stereocenters. The van der Waals surface area contributed by atoms with Crippen LogP contribution in [0.4, 0.5) is 0 Å². The summed E-state index contributed by atoms with van der Waals surface area (Å²) in [5.41, 5.74) is 2.77. The third-order valence-corrected chi connectivity index (χ3v) is 5.05. The van der Waals surface area contributed by atoms with Gasteiger partial charge in [-0.15, -0.1) is 0 Å². The van der Waals surface area contributed by atoms with Crippen LogP contribution in [0.5, 0.6) is 0 Å². The van der Waals surface area contributed by atoms with Crippen molar-refractivity contribution in [2.24, 2.45) is 0 Å². The lowest BCUT2D eigenvalue weighted by Gasteiger charge is -2.37. The van der Waals surface area contributed by atoms with Crippen LogP contribution in [0.2, 0.25) is 0 Å². The molecule has 0 unspecified atom stereocenters. The Balaban J connectivity index is 2.16. The highest BCUT2D eigenvalue weighted by molar-refractivity contribution is 5.98. The van der Waals surface area contributed by atoms with Gasteiger partial charge in [-0.3, -0.25) is 14.4 Å². The van der Waals surface area contributed by atoms with Gasteiger partial charge in [0.05, 0.1) is 6.54 Å². The van der Waals surface area contributed by atoms with Crippen molar-refractivity contribution in [3.05, 3.63) is 34.9 Å². The van der Waals surface area contributed by atoms with Crippen molar-refractivity contribution >= 4 is 17.7 Å². The van der Waals surface area contributed by atoms with E-state index in [9.17, 15) is 14.4 Å². The van der Waals surface area contributed by atoms with Crippen LogP contribution in [0.1, 0.15) is 75.4 Å². The Bertz CT molecular complexity index is 718. The number of aryl methyl sites for hydroxylation is 1. The van der Waals surface area contributed by atoms with E-state index < -0.39 is 0 Å². The Hall–Kier alpha value is -2.17. The molecule has 0 aliphatic heterocycles. The highest BCUT2D eigenvalue weighted by atomic mass is 16.5. The highest BCUT2D eigenvalue weighted by Gasteiger charge is 2.28. The Kier molecular flexibility index (Phi) is 6.79. The molecule has 0 heterocycles. The molecule has 1 aliphatic carbocycles. The third kappa shape index (κ3) is 5.65. The average Bonchev–Trinajstić information content (AvgIpc) is 2.56. The summed E-state index contributed by atoms with van der Waals surface area (Å²) in [7, 11) is 0. The summed E-state index contributed by atoms with van der Waals surface area (Å²) in [5.74, 6) is -0.171. The minimum Gasteiger partial charge on any atom is -0.461 e. The molecule has 1 amide bonds. The number of amides is 1. The molecule has 27 heavy (non-hydrogen) atoms. The monoisotopic (exact) mass is 373 g/mol. The average molecular weight is 373 g/mol. The minimum absolute atomic E-state index is 0.0395. The third-order valence-electron chi connectivity index (χ3n) is 5.05. The summed E-state index contributed by atoms with van der Waals surface area (Å²) in [4.78, 5) is 37.5. The Labute approximate surface area is 162 Å². The van der Waals surface area contributed by atoms with Crippen LogP contribution in [0.25, 0.3) is 0 Å². The van der Waals surface area contributed by atoms with E-state index in [-0.39, 0.29) is 29.3 Å². The van der Waals surface area contributed by atoms with E-state index in [1.807, 2.05) is 32.9 Å². The zero-order valence-corrected chi connectivity index (χ0v) is 17.1. The quantitative estimate of drug-likeness (QED) is 0.713. The van der Waals surface area contributed by atoms with E-state index in [1.54, 1.807) is 4.90 Å². The van der Waals surface area contributed by atoms with Crippen LogP contribution in [0.3, 0.4) is 0 Å². The number of Topliss-reactive ketones (excluding diaryl/α,β-unsaturated/α-hetero) is 1. The predicted octanol–water partition coefficient (Wildman–Crippen LogP) is 3.72. The Morgan fingerprint density at radius 3 is 2.48 bits per heavy atom. The standard InChI is InChI=1S/C22H31NO4/c1-15(24)23(22(3,4)5)14-18(27-16(2)25)13-12-17-8-6-10-20-19(17)9-7-11-21(20)26/h6,8,10,18H,7,9,11-14H2,1-5H3/t18-/m0/s1. The molecule has 1 aromatic carbocycles. The van der Waals surface area contributed by atoms with Crippen LogP contribution < -0.4 is 0 Å². The zero-order chi connectivity index (χ0) is 20.2. The van der Waals surface area contributed by atoms with Crippen molar-refractivity contribution in [1.82, 2.24) is 4.90 Å². The number of carbonyl (C=O) groups is 3. The molecular weight excluding hydrogens is 342 g/mol. The lowest BCUT2D eigenvalue weighted by atomic mass is 9.86. The van der Waals surface area contributed by atoms with Gasteiger partial charge in [0.15, 0.2) is 5.78 Å². The number of rotatable bonds is 6. The van der Waals surface area contributed by atoms with E-state index in [1.165, 1.54) is 13.8 Å². The van der Waals surface area contributed by atoms with Gasteiger partial charge in [-0.2, -0.15) is 0 Å². The Morgan fingerprint density at radius 1 is 1.19 bits per heavy atom. The Morgan fingerprint density at radius 2 is 1.89 bits per heavy atom. The number of hydrogen-bond acceptors (Lipinski definition) is 4. The summed E-state index contributed by atoms with van der Waals surface area (Å²) in [5, 5.41) is 0. The summed E-state index contributed by atoms with van der Waals surface area (Å²) < 4.78 is 5.51. The lowest BCUT2D eigenvalue weighted by Crippen LogP contribution is -2.49. The first-order chi connectivity index (χ1) is 12.6. The fraction of sp³-hybridized carbons (Fsp3) is 0.591. The SMILES string of the molecule is CC(=O)O[C@@H](CCc1cccc2c1CCCC2=O)CN(C(C)=O)C(C)(C)C. The van der Waals surface area contributed by atoms with E-state index in [0.717, 1.165) is 29.5 Å². The zero-order valence-electron chi connectivity index (χ0n) is 17.1. The predicted molar refractivity (Wildman–Crippen MR) is 105 cm³/mol. The largest absolute Gasteiger partial charge is 0.461 e. The van der Waals surface area contributed by atoms with Gasteiger partial charge in [-0.1, -0.05) is 18.2 Å². The molecule has 2 rings (SSSR count). The maximum Gasteiger partial charge on any atom is 0.302 e. The molecule has 5 nitrogen and oxygen atoms in total. The summed E-state index contributed by atoms with van der Waals surface area (Å²) in [6.07, 6.45) is 3.37. The summed E-state index contributed by atoms with van der Waals surface area (Å²) in [6.45, 7) is 9.21. The number of fused-ring (bicyclic) bond motifs is 1. The molecule has 1 aromatic rings. The molecule has 5 heteroatoms. The molecule has 0 aromatic heterocycles. The van der Waals surface area contributed by atoms with E-state index in [0.29, 0.717) is 25.8 Å². The van der Waals surface area contributed by atoms with Crippen molar-refractivity contribution in [3.8, 4) is 0 Å². The molecule has 0 saturated heterocycles. The van der Waals surface area contributed by atoms with Gasteiger partial charge >= 0.3 is 5.97 Å². The van der Waals surface area contributed by atoms with Crippen LogP contribution >= 0.6 is 0 Å². The second kappa shape index (κ2) is 8.68. The fourth-order valence-corrected chi connectivity index (χ4v) is 3.80. The molecular formula is C22H31NO4. The van der Waals surface area contributed by atoms with Crippen molar-refractivity contribution in [2.45, 2.75) is 78.4 Å². The number of esters is 1. The molecule has 148 valence electrons. The van der Waals surface area contributed by atoms with Gasteiger partial charge in [0.2, 0.25) is 5.91 Å². The number of nitrogens with zero attached hydrogens (tertiary/aromatic N) is 1. The first kappa shape index (κ1) is 21.1. The number of ketones is 1. The van der Waals surface area contributed by atoms with Crippen molar-refractivity contribution < 1.29 is 19.1 Å². The van der Waals surface area contributed by atoms with E-state index >= 15 is 0 Å². The fourth-order valence-electron chi connectivity index (χ4n) is 3.80. The second-order valence-electron chi connectivity index (χ2n) is 8.29. The maximum absolute atomic E-state index is 12.1. The first-order valence-corrected chi connectivity index (χ1v) is 9.69. The molecule has 0 bridgehead atoms. The van der Waals surface area contributed by atoms with Crippen LogP contribution in [0.15, 0.2) is 18.2 Å². The normalized spacial score (nSPS) is 15.1. The van der Waals surface area contributed by atoms with Gasteiger partial charge < -0.3 is 9.64 Å². The first-order valence-electron chi connectivity index (χ1n) is 9.69. The number of ether oxygens (including phenoxy) is 1. The topological polar surface area (TPSA) is 63.7 Å².